The van der Waals surface area contributed by atoms with Gasteiger partial charge in [0.15, 0.2) is 0 Å². The highest BCUT2D eigenvalue weighted by Gasteiger charge is 2.15. The molecular formula is C11H15F2NOS. The average Bonchev–Trinajstić information content (AvgIpc) is 1.96. The van der Waals surface area contributed by atoms with Crippen molar-refractivity contribution in [3.63, 3.8) is 0 Å². The summed E-state index contributed by atoms with van der Waals surface area (Å²) >= 11 is 0. The van der Waals surface area contributed by atoms with E-state index in [1.807, 2.05) is 0 Å². The summed E-state index contributed by atoms with van der Waals surface area (Å²) in [6.07, 6.45) is 0. The molecule has 2 N–H and O–H groups in total. The van der Waals surface area contributed by atoms with Crippen molar-refractivity contribution in [3.8, 4) is 0 Å². The zero-order valence-electron chi connectivity index (χ0n) is 9.30. The second-order valence-corrected chi connectivity index (χ2v) is 5.95. The molecule has 90 valence electrons. The molecule has 0 aliphatic heterocycles. The zero-order valence-corrected chi connectivity index (χ0v) is 10.1. The molecule has 0 bridgehead atoms. The summed E-state index contributed by atoms with van der Waals surface area (Å²) in [4.78, 5) is 0. The van der Waals surface area contributed by atoms with Crippen molar-refractivity contribution in [2.24, 2.45) is 5.73 Å². The molecule has 2 nitrogen and oxygen atoms in total. The first kappa shape index (κ1) is 13.3. The van der Waals surface area contributed by atoms with Crippen LogP contribution in [0, 0.1) is 11.6 Å². The lowest BCUT2D eigenvalue weighted by Crippen LogP contribution is -2.38. The van der Waals surface area contributed by atoms with Gasteiger partial charge in [0.05, 0.1) is 0 Å². The van der Waals surface area contributed by atoms with Gasteiger partial charge in [-0.25, -0.2) is 8.78 Å². The molecule has 0 radical (unpaired) electrons. The van der Waals surface area contributed by atoms with Gasteiger partial charge >= 0.3 is 0 Å². The first-order valence-corrected chi connectivity index (χ1v) is 6.34. The van der Waals surface area contributed by atoms with E-state index in [0.29, 0.717) is 11.3 Å². The SMILES string of the molecule is CC(C)(N)CS(=O)Cc1cc(F)cc(F)c1. The smallest absolute Gasteiger partial charge is 0.126 e. The maximum absolute atomic E-state index is 12.9. The van der Waals surface area contributed by atoms with Crippen LogP contribution in [-0.2, 0) is 16.6 Å². The molecule has 0 fully saturated rings. The third kappa shape index (κ3) is 4.81. The Hall–Kier alpha value is -0.810. The van der Waals surface area contributed by atoms with Crippen LogP contribution >= 0.6 is 0 Å². The summed E-state index contributed by atoms with van der Waals surface area (Å²) in [6.45, 7) is 3.52. The van der Waals surface area contributed by atoms with Gasteiger partial charge < -0.3 is 5.73 Å². The summed E-state index contributed by atoms with van der Waals surface area (Å²) in [5.41, 5.74) is 5.55. The van der Waals surface area contributed by atoms with Crippen LogP contribution in [0.1, 0.15) is 19.4 Å². The Bertz CT molecular complexity index is 381. The maximum atomic E-state index is 12.9. The number of halogens is 2. The molecule has 0 aliphatic carbocycles. The predicted octanol–water partition coefficient (Wildman–Crippen LogP) is 1.95. The average molecular weight is 247 g/mol. The van der Waals surface area contributed by atoms with Gasteiger partial charge in [-0.15, -0.1) is 0 Å². The van der Waals surface area contributed by atoms with Gasteiger partial charge in [-0.05, 0) is 31.5 Å². The Balaban J connectivity index is 2.70. The molecule has 0 spiro atoms. The molecule has 0 aromatic heterocycles. The molecule has 1 rings (SSSR count). The van der Waals surface area contributed by atoms with Crippen LogP contribution in [-0.4, -0.2) is 15.5 Å². The maximum Gasteiger partial charge on any atom is 0.126 e. The van der Waals surface area contributed by atoms with Gasteiger partial charge in [-0.1, -0.05) is 0 Å². The fourth-order valence-corrected chi connectivity index (χ4v) is 2.82. The third-order valence-electron chi connectivity index (χ3n) is 1.78. The van der Waals surface area contributed by atoms with Crippen molar-refractivity contribution >= 4 is 10.8 Å². The highest BCUT2D eigenvalue weighted by Crippen LogP contribution is 2.11. The van der Waals surface area contributed by atoms with E-state index in [9.17, 15) is 13.0 Å². The predicted molar refractivity (Wildman–Crippen MR) is 61.3 cm³/mol. The molecule has 5 heteroatoms. The first-order chi connectivity index (χ1) is 7.26. The highest BCUT2D eigenvalue weighted by molar-refractivity contribution is 7.84. The topological polar surface area (TPSA) is 43.1 Å². The van der Waals surface area contributed by atoms with E-state index in [1.165, 1.54) is 12.1 Å². The van der Waals surface area contributed by atoms with Crippen molar-refractivity contribution < 1.29 is 13.0 Å². The highest BCUT2D eigenvalue weighted by atomic mass is 32.2. The zero-order chi connectivity index (χ0) is 12.3. The van der Waals surface area contributed by atoms with Crippen molar-refractivity contribution in [1.82, 2.24) is 0 Å². The van der Waals surface area contributed by atoms with Crippen LogP contribution in [0.3, 0.4) is 0 Å². The molecule has 1 atom stereocenters. The van der Waals surface area contributed by atoms with Crippen LogP contribution in [0.25, 0.3) is 0 Å². The molecule has 1 aromatic carbocycles. The minimum absolute atomic E-state index is 0.120. The number of hydrogen-bond donors (Lipinski definition) is 1. The summed E-state index contributed by atoms with van der Waals surface area (Å²) in [6, 6.07) is 3.16. The molecule has 0 heterocycles. The van der Waals surface area contributed by atoms with Gasteiger partial charge in [0.2, 0.25) is 0 Å². The van der Waals surface area contributed by atoms with Gasteiger partial charge in [0.1, 0.15) is 11.6 Å². The Morgan fingerprint density at radius 2 is 1.75 bits per heavy atom. The second kappa shape index (κ2) is 5.01. The largest absolute Gasteiger partial charge is 0.325 e. The Morgan fingerprint density at radius 1 is 1.25 bits per heavy atom. The fourth-order valence-electron chi connectivity index (χ4n) is 1.35. The van der Waals surface area contributed by atoms with Crippen LogP contribution in [0.4, 0.5) is 8.78 Å². The quantitative estimate of drug-likeness (QED) is 0.883. The molecule has 1 aromatic rings. The number of rotatable bonds is 4. The summed E-state index contributed by atoms with van der Waals surface area (Å²) in [5, 5.41) is 0. The van der Waals surface area contributed by atoms with Gasteiger partial charge in [-0.3, -0.25) is 4.21 Å². The Kier molecular flexibility index (Phi) is 4.15. The molecule has 0 saturated carbocycles. The van der Waals surface area contributed by atoms with Gasteiger partial charge in [0.25, 0.3) is 0 Å². The summed E-state index contributed by atoms with van der Waals surface area (Å²) in [5.74, 6) is -0.890. The molecule has 0 aliphatic rings. The molecular weight excluding hydrogens is 232 g/mol. The Labute approximate surface area is 96.3 Å². The first-order valence-electron chi connectivity index (χ1n) is 4.85. The minimum Gasteiger partial charge on any atom is -0.325 e. The molecule has 0 saturated heterocycles. The fraction of sp³-hybridized carbons (Fsp3) is 0.455. The van der Waals surface area contributed by atoms with Crippen LogP contribution < -0.4 is 5.73 Å². The number of nitrogens with two attached hydrogens (primary N) is 1. The lowest BCUT2D eigenvalue weighted by atomic mass is 10.1. The van der Waals surface area contributed by atoms with E-state index < -0.39 is 28.0 Å². The van der Waals surface area contributed by atoms with Crippen LogP contribution in [0.2, 0.25) is 0 Å². The van der Waals surface area contributed by atoms with Crippen molar-refractivity contribution in [1.29, 1.82) is 0 Å². The normalized spacial score (nSPS) is 13.8. The number of benzene rings is 1. The van der Waals surface area contributed by atoms with Crippen molar-refractivity contribution in [2.45, 2.75) is 25.1 Å². The molecule has 16 heavy (non-hydrogen) atoms. The minimum atomic E-state index is -1.22. The Morgan fingerprint density at radius 3 is 2.19 bits per heavy atom. The van der Waals surface area contributed by atoms with Crippen LogP contribution in [0.5, 0.6) is 0 Å². The van der Waals surface area contributed by atoms with E-state index in [0.717, 1.165) is 6.07 Å². The molecule has 1 unspecified atom stereocenters. The lowest BCUT2D eigenvalue weighted by molar-refractivity contribution is 0.576. The lowest BCUT2D eigenvalue weighted by Gasteiger charge is -2.17. The van der Waals surface area contributed by atoms with Crippen molar-refractivity contribution in [3.05, 3.63) is 35.4 Å². The van der Waals surface area contributed by atoms with Crippen LogP contribution in [0.15, 0.2) is 18.2 Å². The van der Waals surface area contributed by atoms with Gasteiger partial charge in [0, 0.05) is 33.9 Å². The van der Waals surface area contributed by atoms with E-state index in [4.69, 9.17) is 5.73 Å². The van der Waals surface area contributed by atoms with E-state index in [1.54, 1.807) is 13.8 Å². The van der Waals surface area contributed by atoms with E-state index in [2.05, 4.69) is 0 Å². The third-order valence-corrected chi connectivity index (χ3v) is 3.50. The summed E-state index contributed by atoms with van der Waals surface area (Å²) < 4.78 is 37.3. The van der Waals surface area contributed by atoms with E-state index in [-0.39, 0.29) is 5.75 Å². The second-order valence-electron chi connectivity index (χ2n) is 4.49. The standard InChI is InChI=1S/C11H15F2NOS/c1-11(2,14)7-16(15)6-8-3-9(12)5-10(13)4-8/h3-5H,6-7,14H2,1-2H3. The van der Waals surface area contributed by atoms with Crippen molar-refractivity contribution in [2.75, 3.05) is 5.75 Å². The van der Waals surface area contributed by atoms with E-state index >= 15 is 0 Å². The summed E-state index contributed by atoms with van der Waals surface area (Å²) in [7, 11) is -1.22. The molecule has 0 amide bonds. The number of hydrogen-bond acceptors (Lipinski definition) is 2. The van der Waals surface area contributed by atoms with Gasteiger partial charge in [-0.2, -0.15) is 0 Å². The monoisotopic (exact) mass is 247 g/mol.